The predicted octanol–water partition coefficient (Wildman–Crippen LogP) is -4.86. The maximum atomic E-state index is 10.6. The zero-order valence-corrected chi connectivity index (χ0v) is 18.4. The van der Waals surface area contributed by atoms with E-state index in [9.17, 15) is 40.9 Å². The zero-order valence-electron chi connectivity index (χ0n) is 18.4. The van der Waals surface area contributed by atoms with Gasteiger partial charge in [0, 0.05) is 7.11 Å². The van der Waals surface area contributed by atoms with Gasteiger partial charge in [-0.3, -0.25) is 0 Å². The van der Waals surface area contributed by atoms with Crippen molar-refractivity contribution >= 4 is 0 Å². The Labute approximate surface area is 189 Å². The van der Waals surface area contributed by atoms with Crippen LogP contribution in [0.5, 0.6) is 0 Å². The van der Waals surface area contributed by atoms with Crippen molar-refractivity contribution in [3.05, 3.63) is 0 Å². The molecule has 0 saturated carbocycles. The van der Waals surface area contributed by atoms with Crippen molar-refractivity contribution in [1.29, 1.82) is 0 Å². The van der Waals surface area contributed by atoms with Crippen LogP contribution in [0.3, 0.4) is 0 Å². The zero-order chi connectivity index (χ0) is 24.6. The topological polar surface area (TPSA) is 217 Å². The summed E-state index contributed by atoms with van der Waals surface area (Å²) in [6, 6.07) is 0. The number of methoxy groups -OCH3 is 1. The summed E-state index contributed by atoms with van der Waals surface area (Å²) in [6.07, 6.45) is -21.2. The molecular weight excluding hydrogens is 452 g/mol. The van der Waals surface area contributed by atoms with Gasteiger partial charge in [0.25, 0.3) is 0 Å². The summed E-state index contributed by atoms with van der Waals surface area (Å²) in [4.78, 5) is 0. The molecule has 0 spiro atoms. The molecule has 15 unspecified atom stereocenters. The Morgan fingerprint density at radius 1 is 0.576 bits per heavy atom. The van der Waals surface area contributed by atoms with Crippen molar-refractivity contribution in [1.82, 2.24) is 0 Å². The van der Waals surface area contributed by atoms with Crippen LogP contribution in [0.4, 0.5) is 0 Å². The summed E-state index contributed by atoms with van der Waals surface area (Å²) in [5.41, 5.74) is 0. The maximum Gasteiger partial charge on any atom is 0.187 e. The first-order chi connectivity index (χ1) is 15.5. The molecule has 3 aliphatic rings. The molecule has 3 aliphatic heterocycles. The van der Waals surface area contributed by atoms with Crippen LogP contribution in [0, 0.1) is 0 Å². The van der Waals surface area contributed by atoms with Crippen molar-refractivity contribution in [2.75, 3.05) is 13.7 Å². The van der Waals surface area contributed by atoms with Crippen molar-refractivity contribution in [3.8, 4) is 0 Å². The van der Waals surface area contributed by atoms with Gasteiger partial charge in [-0.05, 0) is 13.8 Å². The Bertz CT molecular complexity index is 621. The molecule has 8 N–H and O–H groups in total. The minimum absolute atomic E-state index is 0.703. The van der Waals surface area contributed by atoms with Crippen LogP contribution in [0.25, 0.3) is 0 Å². The Hall–Kier alpha value is -0.560. The minimum atomic E-state index is -1.79. The fourth-order valence-electron chi connectivity index (χ4n) is 4.08. The Kier molecular flexibility index (Phi) is 9.02. The van der Waals surface area contributed by atoms with Gasteiger partial charge in [-0.1, -0.05) is 0 Å². The number of hydrogen-bond acceptors (Lipinski definition) is 14. The van der Waals surface area contributed by atoms with Crippen LogP contribution < -0.4 is 0 Å². The lowest BCUT2D eigenvalue weighted by molar-refractivity contribution is -0.388. The third-order valence-corrected chi connectivity index (χ3v) is 6.23. The van der Waals surface area contributed by atoms with Gasteiger partial charge in [0.05, 0.1) is 18.8 Å². The van der Waals surface area contributed by atoms with Gasteiger partial charge in [-0.25, -0.2) is 0 Å². The molecule has 0 aromatic carbocycles. The van der Waals surface area contributed by atoms with E-state index in [1.54, 1.807) is 0 Å². The molecule has 3 heterocycles. The van der Waals surface area contributed by atoms with E-state index in [0.29, 0.717) is 0 Å². The second-order valence-electron chi connectivity index (χ2n) is 8.52. The van der Waals surface area contributed by atoms with E-state index in [4.69, 9.17) is 28.4 Å². The lowest BCUT2D eigenvalue weighted by atomic mass is 9.97. The van der Waals surface area contributed by atoms with Gasteiger partial charge in [0.15, 0.2) is 18.9 Å². The van der Waals surface area contributed by atoms with Gasteiger partial charge >= 0.3 is 0 Å². The molecule has 14 heteroatoms. The number of rotatable bonds is 6. The van der Waals surface area contributed by atoms with E-state index in [-0.39, 0.29) is 0 Å². The highest BCUT2D eigenvalue weighted by molar-refractivity contribution is 4.95. The molecule has 0 aromatic rings. The minimum Gasteiger partial charge on any atom is -0.394 e. The summed E-state index contributed by atoms with van der Waals surface area (Å²) in [5.74, 6) is 0. The van der Waals surface area contributed by atoms with Crippen LogP contribution in [-0.2, 0) is 28.4 Å². The summed E-state index contributed by atoms with van der Waals surface area (Å²) in [6.45, 7) is 2.28. The molecule has 0 aromatic heterocycles. The van der Waals surface area contributed by atoms with E-state index in [0.717, 1.165) is 0 Å². The van der Waals surface area contributed by atoms with Crippen molar-refractivity contribution in [2.24, 2.45) is 0 Å². The van der Waals surface area contributed by atoms with Gasteiger partial charge in [0.2, 0.25) is 0 Å². The highest BCUT2D eigenvalue weighted by Crippen LogP contribution is 2.32. The highest BCUT2D eigenvalue weighted by Gasteiger charge is 2.53. The van der Waals surface area contributed by atoms with Gasteiger partial charge in [0.1, 0.15) is 61.0 Å². The van der Waals surface area contributed by atoms with Crippen molar-refractivity contribution in [3.63, 3.8) is 0 Å². The number of hydrogen-bond donors (Lipinski definition) is 8. The average molecular weight is 486 g/mol. The van der Waals surface area contributed by atoms with Gasteiger partial charge < -0.3 is 69.3 Å². The van der Waals surface area contributed by atoms with E-state index >= 15 is 0 Å². The van der Waals surface area contributed by atoms with E-state index < -0.39 is 98.7 Å². The predicted molar refractivity (Wildman–Crippen MR) is 103 cm³/mol. The molecule has 3 saturated heterocycles. The smallest absolute Gasteiger partial charge is 0.187 e. The molecular formula is C19H34O14. The molecule has 3 rings (SSSR count). The lowest BCUT2D eigenvalue weighted by Crippen LogP contribution is -2.66. The summed E-state index contributed by atoms with van der Waals surface area (Å²) < 4.78 is 32.9. The van der Waals surface area contributed by atoms with E-state index in [2.05, 4.69) is 0 Å². The molecule has 0 bridgehead atoms. The SMILES string of the molecule is COC1OC(C)C(O)C(O)C1OC1OC(C)C(O)C(O)C1OC1OC(CO)C(O)C(O)C1O. The first-order valence-electron chi connectivity index (χ1n) is 10.7. The lowest BCUT2D eigenvalue weighted by Gasteiger charge is -2.48. The largest absolute Gasteiger partial charge is 0.394 e. The van der Waals surface area contributed by atoms with Crippen LogP contribution in [0.1, 0.15) is 13.8 Å². The van der Waals surface area contributed by atoms with Crippen LogP contribution in [0.15, 0.2) is 0 Å². The number of aliphatic hydroxyl groups excluding tert-OH is 8. The molecule has 33 heavy (non-hydrogen) atoms. The van der Waals surface area contributed by atoms with Crippen LogP contribution >= 0.6 is 0 Å². The van der Waals surface area contributed by atoms with Crippen molar-refractivity contribution < 1.29 is 69.3 Å². The summed E-state index contributed by atoms with van der Waals surface area (Å²) in [7, 11) is 1.29. The standard InChI is InChI=1S/C19H34O14/c1-5-8(21)12(25)15(18(28-3)29-5)33-19-16(13(26)9(22)6(2)30-19)32-17-14(27)11(24)10(23)7(4-20)31-17/h5-27H,4H2,1-3H3. The molecule has 194 valence electrons. The second-order valence-corrected chi connectivity index (χ2v) is 8.52. The molecule has 0 amide bonds. The molecule has 15 atom stereocenters. The van der Waals surface area contributed by atoms with E-state index in [1.165, 1.54) is 21.0 Å². The van der Waals surface area contributed by atoms with Crippen LogP contribution in [-0.4, -0.2) is 147 Å². The Morgan fingerprint density at radius 2 is 1.06 bits per heavy atom. The summed E-state index contributed by atoms with van der Waals surface area (Å²) in [5, 5.41) is 81.2. The first-order valence-corrected chi connectivity index (χ1v) is 10.7. The first kappa shape index (κ1) is 27.0. The van der Waals surface area contributed by atoms with Gasteiger partial charge in [-0.15, -0.1) is 0 Å². The monoisotopic (exact) mass is 486 g/mol. The number of aliphatic hydroxyl groups is 8. The van der Waals surface area contributed by atoms with Gasteiger partial charge in [-0.2, -0.15) is 0 Å². The maximum absolute atomic E-state index is 10.6. The Morgan fingerprint density at radius 3 is 1.58 bits per heavy atom. The van der Waals surface area contributed by atoms with Crippen molar-refractivity contribution in [2.45, 2.75) is 106 Å². The second kappa shape index (κ2) is 11.0. The normalized spacial score (nSPS) is 53.7. The molecule has 0 aliphatic carbocycles. The molecule has 0 radical (unpaired) electrons. The fourth-order valence-corrected chi connectivity index (χ4v) is 4.08. The molecule has 14 nitrogen and oxygen atoms in total. The number of ether oxygens (including phenoxy) is 6. The molecule has 3 fully saturated rings. The highest BCUT2D eigenvalue weighted by atomic mass is 16.8. The Balaban J connectivity index is 1.81. The average Bonchev–Trinajstić information content (AvgIpc) is 2.79. The fraction of sp³-hybridized carbons (Fsp3) is 1.00. The van der Waals surface area contributed by atoms with Crippen LogP contribution in [0.2, 0.25) is 0 Å². The third kappa shape index (κ3) is 5.34. The third-order valence-electron chi connectivity index (χ3n) is 6.23. The quantitative estimate of drug-likeness (QED) is 0.177. The summed E-state index contributed by atoms with van der Waals surface area (Å²) >= 11 is 0. The van der Waals surface area contributed by atoms with E-state index in [1.807, 2.05) is 0 Å².